The first kappa shape index (κ1) is 15.5. The molecule has 4 heteroatoms. The highest BCUT2D eigenvalue weighted by Gasteiger charge is 2.27. The van der Waals surface area contributed by atoms with Crippen molar-refractivity contribution in [3.63, 3.8) is 0 Å². The molecule has 20 heavy (non-hydrogen) atoms. The number of rotatable bonds is 8. The van der Waals surface area contributed by atoms with E-state index in [4.69, 9.17) is 10.5 Å². The molecule has 1 fully saturated rings. The fourth-order valence-corrected chi connectivity index (χ4v) is 3.02. The molecule has 1 aliphatic heterocycles. The molecule has 4 nitrogen and oxygen atoms in total. The van der Waals surface area contributed by atoms with Crippen LogP contribution in [0.15, 0.2) is 12.5 Å². The van der Waals surface area contributed by atoms with Crippen molar-refractivity contribution in [1.29, 1.82) is 0 Å². The summed E-state index contributed by atoms with van der Waals surface area (Å²) in [4.78, 5) is 4.32. The Bertz CT molecular complexity index is 385. The van der Waals surface area contributed by atoms with Crippen molar-refractivity contribution in [2.75, 3.05) is 13.2 Å². The van der Waals surface area contributed by atoms with Crippen LogP contribution in [0.2, 0.25) is 0 Å². The molecule has 0 saturated carbocycles. The van der Waals surface area contributed by atoms with Crippen LogP contribution in [0.4, 0.5) is 0 Å². The smallest absolute Gasteiger partial charge is 0.0951 e. The van der Waals surface area contributed by atoms with E-state index in [0.29, 0.717) is 12.0 Å². The standard InChI is InChI=1S/C16H29N3O/c1-3-4-5-6-7-13(2)19-12-18-10-15(19)16(17)14-8-9-20-11-14/h10,12-14,16H,3-9,11,17H2,1-2H3. The highest BCUT2D eigenvalue weighted by atomic mass is 16.5. The van der Waals surface area contributed by atoms with Gasteiger partial charge in [0.05, 0.1) is 24.7 Å². The molecule has 3 unspecified atom stereocenters. The number of imidazole rings is 1. The summed E-state index contributed by atoms with van der Waals surface area (Å²) in [5, 5.41) is 0. The Morgan fingerprint density at radius 2 is 2.30 bits per heavy atom. The van der Waals surface area contributed by atoms with Crippen LogP contribution in [-0.4, -0.2) is 22.8 Å². The summed E-state index contributed by atoms with van der Waals surface area (Å²) >= 11 is 0. The Balaban J connectivity index is 1.92. The van der Waals surface area contributed by atoms with Crippen molar-refractivity contribution in [3.8, 4) is 0 Å². The third-order valence-corrected chi connectivity index (χ3v) is 4.46. The van der Waals surface area contributed by atoms with Crippen molar-refractivity contribution in [2.45, 2.75) is 64.5 Å². The molecule has 1 saturated heterocycles. The molecule has 0 radical (unpaired) electrons. The van der Waals surface area contributed by atoms with Gasteiger partial charge in [0.1, 0.15) is 0 Å². The van der Waals surface area contributed by atoms with E-state index in [0.717, 1.165) is 19.6 Å². The first-order chi connectivity index (χ1) is 9.74. The molecule has 2 N–H and O–H groups in total. The summed E-state index contributed by atoms with van der Waals surface area (Å²) in [5.74, 6) is 0.442. The monoisotopic (exact) mass is 279 g/mol. The van der Waals surface area contributed by atoms with E-state index in [1.807, 2.05) is 12.5 Å². The third kappa shape index (κ3) is 3.83. The summed E-state index contributed by atoms with van der Waals surface area (Å²) in [6.07, 6.45) is 11.4. The van der Waals surface area contributed by atoms with Crippen LogP contribution < -0.4 is 5.73 Å². The van der Waals surface area contributed by atoms with Gasteiger partial charge in [-0.25, -0.2) is 4.98 Å². The van der Waals surface area contributed by atoms with Crippen molar-refractivity contribution >= 4 is 0 Å². The molecule has 0 aromatic carbocycles. The van der Waals surface area contributed by atoms with Crippen LogP contribution in [0.25, 0.3) is 0 Å². The average molecular weight is 279 g/mol. The molecule has 2 heterocycles. The predicted molar refractivity (Wildman–Crippen MR) is 81.6 cm³/mol. The molecule has 0 spiro atoms. The molecule has 0 amide bonds. The molecule has 1 aromatic heterocycles. The fraction of sp³-hybridized carbons (Fsp3) is 0.812. The van der Waals surface area contributed by atoms with Crippen molar-refractivity contribution < 1.29 is 4.74 Å². The minimum atomic E-state index is 0.0538. The minimum absolute atomic E-state index is 0.0538. The van der Waals surface area contributed by atoms with Crippen molar-refractivity contribution in [3.05, 3.63) is 18.2 Å². The number of nitrogens with zero attached hydrogens (tertiary/aromatic N) is 2. The predicted octanol–water partition coefficient (Wildman–Crippen LogP) is 3.45. The van der Waals surface area contributed by atoms with Gasteiger partial charge in [-0.1, -0.05) is 32.6 Å². The summed E-state index contributed by atoms with van der Waals surface area (Å²) in [6.45, 7) is 6.16. The summed E-state index contributed by atoms with van der Waals surface area (Å²) < 4.78 is 7.73. The normalized spacial score (nSPS) is 22.1. The van der Waals surface area contributed by atoms with E-state index in [1.165, 1.54) is 37.8 Å². The molecular weight excluding hydrogens is 250 g/mol. The Labute approximate surface area is 122 Å². The van der Waals surface area contributed by atoms with Gasteiger partial charge in [-0.2, -0.15) is 0 Å². The van der Waals surface area contributed by atoms with Gasteiger partial charge in [0, 0.05) is 24.8 Å². The largest absolute Gasteiger partial charge is 0.381 e. The number of ether oxygens (including phenoxy) is 1. The Hall–Kier alpha value is -0.870. The maximum Gasteiger partial charge on any atom is 0.0951 e. The Morgan fingerprint density at radius 1 is 1.45 bits per heavy atom. The van der Waals surface area contributed by atoms with E-state index in [-0.39, 0.29) is 6.04 Å². The van der Waals surface area contributed by atoms with Gasteiger partial charge in [-0.3, -0.25) is 0 Å². The van der Waals surface area contributed by atoms with Gasteiger partial charge in [0.15, 0.2) is 0 Å². The van der Waals surface area contributed by atoms with E-state index >= 15 is 0 Å². The first-order valence-electron chi connectivity index (χ1n) is 8.09. The van der Waals surface area contributed by atoms with Gasteiger partial charge < -0.3 is 15.0 Å². The molecule has 0 aliphatic carbocycles. The first-order valence-corrected chi connectivity index (χ1v) is 8.09. The number of hydrogen-bond acceptors (Lipinski definition) is 3. The molecule has 1 aliphatic rings. The Morgan fingerprint density at radius 3 is 3.00 bits per heavy atom. The average Bonchev–Trinajstić information content (AvgIpc) is 3.12. The zero-order valence-corrected chi connectivity index (χ0v) is 12.9. The third-order valence-electron chi connectivity index (χ3n) is 4.46. The lowest BCUT2D eigenvalue weighted by atomic mass is 9.97. The van der Waals surface area contributed by atoms with E-state index in [2.05, 4.69) is 23.4 Å². The van der Waals surface area contributed by atoms with E-state index in [9.17, 15) is 0 Å². The minimum Gasteiger partial charge on any atom is -0.381 e. The van der Waals surface area contributed by atoms with Gasteiger partial charge >= 0.3 is 0 Å². The zero-order chi connectivity index (χ0) is 14.4. The lowest BCUT2D eigenvalue weighted by Crippen LogP contribution is -2.25. The molecule has 2 rings (SSSR count). The number of unbranched alkanes of at least 4 members (excludes halogenated alkanes) is 3. The SMILES string of the molecule is CCCCCCC(C)n1cncc1C(N)C1CCOC1. The van der Waals surface area contributed by atoms with Crippen LogP contribution in [0.5, 0.6) is 0 Å². The van der Waals surface area contributed by atoms with E-state index in [1.54, 1.807) is 0 Å². The Kier molecular flexibility index (Phi) is 6.05. The van der Waals surface area contributed by atoms with Crippen molar-refractivity contribution in [1.82, 2.24) is 9.55 Å². The summed E-state index contributed by atoms with van der Waals surface area (Å²) in [7, 11) is 0. The second-order valence-corrected chi connectivity index (χ2v) is 6.07. The molecular formula is C16H29N3O. The number of aromatic nitrogens is 2. The van der Waals surface area contributed by atoms with Crippen LogP contribution in [0.1, 0.15) is 70.2 Å². The van der Waals surface area contributed by atoms with Crippen LogP contribution in [0.3, 0.4) is 0 Å². The quantitative estimate of drug-likeness (QED) is 0.741. The lowest BCUT2D eigenvalue weighted by molar-refractivity contribution is 0.180. The topological polar surface area (TPSA) is 53.1 Å². The van der Waals surface area contributed by atoms with Crippen LogP contribution >= 0.6 is 0 Å². The van der Waals surface area contributed by atoms with Gasteiger partial charge in [-0.15, -0.1) is 0 Å². The maximum atomic E-state index is 6.42. The number of nitrogens with two attached hydrogens (primary N) is 1. The van der Waals surface area contributed by atoms with Gasteiger partial charge in [0.25, 0.3) is 0 Å². The second kappa shape index (κ2) is 7.79. The summed E-state index contributed by atoms with van der Waals surface area (Å²) in [5.41, 5.74) is 7.59. The number of hydrogen-bond donors (Lipinski definition) is 1. The molecule has 1 aromatic rings. The fourth-order valence-electron chi connectivity index (χ4n) is 3.02. The molecule has 3 atom stereocenters. The van der Waals surface area contributed by atoms with Crippen LogP contribution in [0, 0.1) is 5.92 Å². The highest BCUT2D eigenvalue weighted by molar-refractivity contribution is 5.08. The highest BCUT2D eigenvalue weighted by Crippen LogP contribution is 2.29. The van der Waals surface area contributed by atoms with Gasteiger partial charge in [0.2, 0.25) is 0 Å². The summed E-state index contributed by atoms with van der Waals surface area (Å²) in [6, 6.07) is 0.538. The zero-order valence-electron chi connectivity index (χ0n) is 12.9. The second-order valence-electron chi connectivity index (χ2n) is 6.07. The molecule has 114 valence electrons. The van der Waals surface area contributed by atoms with Crippen LogP contribution in [-0.2, 0) is 4.74 Å². The van der Waals surface area contributed by atoms with Crippen molar-refractivity contribution in [2.24, 2.45) is 11.7 Å². The molecule has 0 bridgehead atoms. The maximum absolute atomic E-state index is 6.42. The van der Waals surface area contributed by atoms with Gasteiger partial charge in [-0.05, 0) is 19.8 Å². The van der Waals surface area contributed by atoms with E-state index < -0.39 is 0 Å². The lowest BCUT2D eigenvalue weighted by Gasteiger charge is -2.23.